The number of fused-ring (bicyclic) bond motifs is 1. The van der Waals surface area contributed by atoms with Crippen molar-refractivity contribution in [2.75, 3.05) is 24.5 Å². The summed E-state index contributed by atoms with van der Waals surface area (Å²) in [6.07, 6.45) is 1.63. The molecule has 1 heterocycles. The van der Waals surface area contributed by atoms with Crippen LogP contribution < -0.4 is 10.6 Å². The van der Waals surface area contributed by atoms with Gasteiger partial charge in [-0.15, -0.1) is 0 Å². The molecule has 1 radical (unpaired) electrons. The molecule has 0 unspecified atom stereocenters. The summed E-state index contributed by atoms with van der Waals surface area (Å²) >= 11 is 0. The molecule has 1 aliphatic rings. The molecule has 3 heteroatoms. The van der Waals surface area contributed by atoms with Crippen molar-refractivity contribution in [1.29, 1.82) is 0 Å². The number of hydrogen-bond donors (Lipinski definition) is 1. The van der Waals surface area contributed by atoms with Gasteiger partial charge in [0.25, 0.3) is 0 Å². The Labute approximate surface area is 89.2 Å². The minimum Gasteiger partial charge on any atom is -0.367 e. The van der Waals surface area contributed by atoms with Crippen molar-refractivity contribution in [3.8, 4) is 0 Å². The van der Waals surface area contributed by atoms with E-state index < -0.39 is 0 Å². The molecular formula is C12H14FN2. The van der Waals surface area contributed by atoms with Gasteiger partial charge >= 0.3 is 0 Å². The number of nitrogens with two attached hydrogens (primary N) is 1. The molecule has 1 aromatic carbocycles. The number of rotatable bonds is 3. The van der Waals surface area contributed by atoms with Crippen molar-refractivity contribution in [2.45, 2.75) is 6.42 Å². The Morgan fingerprint density at radius 2 is 2.53 bits per heavy atom. The van der Waals surface area contributed by atoms with E-state index in [0.29, 0.717) is 18.4 Å². The van der Waals surface area contributed by atoms with Crippen LogP contribution in [-0.2, 0) is 6.42 Å². The van der Waals surface area contributed by atoms with Gasteiger partial charge in [-0.25, -0.2) is 4.39 Å². The number of anilines is 1. The lowest BCUT2D eigenvalue weighted by atomic mass is 10.2. The second kappa shape index (κ2) is 4.45. The molecule has 0 aliphatic carbocycles. The SMILES string of the molecule is NC/C(=C\F)CN1CCc2c[c]ccc21. The van der Waals surface area contributed by atoms with E-state index in [1.807, 2.05) is 18.2 Å². The molecule has 0 bridgehead atoms. The summed E-state index contributed by atoms with van der Waals surface area (Å²) in [5.41, 5.74) is 8.54. The summed E-state index contributed by atoms with van der Waals surface area (Å²) in [5.74, 6) is 0. The summed E-state index contributed by atoms with van der Waals surface area (Å²) in [6, 6.07) is 8.96. The highest BCUT2D eigenvalue weighted by molar-refractivity contribution is 5.58. The van der Waals surface area contributed by atoms with Gasteiger partial charge in [-0.3, -0.25) is 0 Å². The molecule has 0 saturated carbocycles. The van der Waals surface area contributed by atoms with E-state index in [1.54, 1.807) is 0 Å². The van der Waals surface area contributed by atoms with Gasteiger partial charge in [0, 0.05) is 25.3 Å². The lowest BCUT2D eigenvalue weighted by molar-refractivity contribution is 0.695. The Morgan fingerprint density at radius 1 is 1.67 bits per heavy atom. The third-order valence-electron chi connectivity index (χ3n) is 2.73. The topological polar surface area (TPSA) is 29.3 Å². The molecule has 1 aromatic rings. The normalized spacial score (nSPS) is 15.6. The quantitative estimate of drug-likeness (QED) is 0.813. The maximum absolute atomic E-state index is 12.4. The second-order valence-corrected chi connectivity index (χ2v) is 3.70. The molecule has 79 valence electrons. The molecule has 0 saturated heterocycles. The maximum Gasteiger partial charge on any atom is 0.0889 e. The van der Waals surface area contributed by atoms with Gasteiger partial charge < -0.3 is 10.6 Å². The van der Waals surface area contributed by atoms with Crippen LogP contribution in [0.1, 0.15) is 5.56 Å². The fourth-order valence-corrected chi connectivity index (χ4v) is 1.89. The van der Waals surface area contributed by atoms with E-state index in [2.05, 4.69) is 11.0 Å². The van der Waals surface area contributed by atoms with Crippen molar-refractivity contribution < 1.29 is 4.39 Å². The lowest BCUT2D eigenvalue weighted by Gasteiger charge is -2.19. The van der Waals surface area contributed by atoms with E-state index in [-0.39, 0.29) is 6.54 Å². The van der Waals surface area contributed by atoms with Crippen molar-refractivity contribution in [2.24, 2.45) is 5.73 Å². The molecular weight excluding hydrogens is 191 g/mol. The molecule has 2 rings (SSSR count). The smallest absolute Gasteiger partial charge is 0.0889 e. The van der Waals surface area contributed by atoms with E-state index in [9.17, 15) is 4.39 Å². The predicted octanol–water partition coefficient (Wildman–Crippen LogP) is 1.66. The highest BCUT2D eigenvalue weighted by Gasteiger charge is 2.18. The highest BCUT2D eigenvalue weighted by Crippen LogP contribution is 2.27. The van der Waals surface area contributed by atoms with E-state index >= 15 is 0 Å². The minimum atomic E-state index is 0.279. The number of nitrogens with zero attached hydrogens (tertiary/aromatic N) is 1. The first kappa shape index (κ1) is 10.2. The van der Waals surface area contributed by atoms with Crippen LogP contribution >= 0.6 is 0 Å². The molecule has 0 atom stereocenters. The van der Waals surface area contributed by atoms with E-state index in [4.69, 9.17) is 5.73 Å². The Kier molecular flexibility index (Phi) is 3.02. The van der Waals surface area contributed by atoms with Crippen LogP contribution in [0.3, 0.4) is 0 Å². The monoisotopic (exact) mass is 205 g/mol. The van der Waals surface area contributed by atoms with Gasteiger partial charge in [-0.05, 0) is 35.8 Å². The zero-order valence-corrected chi connectivity index (χ0v) is 8.54. The van der Waals surface area contributed by atoms with Crippen LogP contribution in [0.5, 0.6) is 0 Å². The number of halogens is 1. The fraction of sp³-hybridized carbons (Fsp3) is 0.333. The van der Waals surface area contributed by atoms with Crippen LogP contribution in [0.2, 0.25) is 0 Å². The number of benzene rings is 1. The third kappa shape index (κ3) is 2.02. The summed E-state index contributed by atoms with van der Waals surface area (Å²) in [4.78, 5) is 2.15. The molecule has 0 amide bonds. The zero-order valence-electron chi connectivity index (χ0n) is 8.54. The van der Waals surface area contributed by atoms with Crippen molar-refractivity contribution in [1.82, 2.24) is 0 Å². The van der Waals surface area contributed by atoms with Gasteiger partial charge in [-0.1, -0.05) is 6.07 Å². The summed E-state index contributed by atoms with van der Waals surface area (Å²) in [7, 11) is 0. The van der Waals surface area contributed by atoms with Crippen molar-refractivity contribution >= 4 is 5.69 Å². The zero-order chi connectivity index (χ0) is 10.7. The summed E-state index contributed by atoms with van der Waals surface area (Å²) in [6.45, 7) is 1.80. The van der Waals surface area contributed by atoms with Crippen molar-refractivity contribution in [3.63, 3.8) is 0 Å². The lowest BCUT2D eigenvalue weighted by Crippen LogP contribution is -2.25. The Bertz CT molecular complexity index is 374. The molecule has 0 spiro atoms. The van der Waals surface area contributed by atoms with E-state index in [1.165, 1.54) is 11.3 Å². The first-order chi connectivity index (χ1) is 7.35. The summed E-state index contributed by atoms with van der Waals surface area (Å²) in [5, 5.41) is 0. The Hall–Kier alpha value is -1.35. The third-order valence-corrected chi connectivity index (χ3v) is 2.73. The van der Waals surface area contributed by atoms with Gasteiger partial charge in [0.15, 0.2) is 0 Å². The molecule has 1 aliphatic heterocycles. The standard InChI is InChI=1S/C12H14FN2/c13-7-10(8-14)9-15-6-5-11-3-1-2-4-12(11)15/h2-4,7H,5-6,8-9,14H2/b10-7+. The van der Waals surface area contributed by atoms with Crippen LogP contribution in [0.25, 0.3) is 0 Å². The molecule has 15 heavy (non-hydrogen) atoms. The van der Waals surface area contributed by atoms with Crippen LogP contribution in [0.15, 0.2) is 30.1 Å². The average molecular weight is 205 g/mol. The van der Waals surface area contributed by atoms with Crippen LogP contribution in [-0.4, -0.2) is 19.6 Å². The Morgan fingerprint density at radius 3 is 3.27 bits per heavy atom. The minimum absolute atomic E-state index is 0.279. The van der Waals surface area contributed by atoms with Crippen LogP contribution in [0, 0.1) is 6.07 Å². The van der Waals surface area contributed by atoms with Gasteiger partial charge in [0.2, 0.25) is 0 Å². The van der Waals surface area contributed by atoms with Gasteiger partial charge in [0.1, 0.15) is 0 Å². The Balaban J connectivity index is 2.14. The molecule has 2 N–H and O–H groups in total. The fourth-order valence-electron chi connectivity index (χ4n) is 1.89. The second-order valence-electron chi connectivity index (χ2n) is 3.70. The first-order valence-corrected chi connectivity index (χ1v) is 5.07. The van der Waals surface area contributed by atoms with Gasteiger partial charge in [0.05, 0.1) is 6.33 Å². The predicted molar refractivity (Wildman–Crippen MR) is 59.4 cm³/mol. The van der Waals surface area contributed by atoms with Crippen molar-refractivity contribution in [3.05, 3.63) is 41.7 Å². The largest absolute Gasteiger partial charge is 0.367 e. The van der Waals surface area contributed by atoms with Gasteiger partial charge in [-0.2, -0.15) is 0 Å². The average Bonchev–Trinajstić information content (AvgIpc) is 2.69. The van der Waals surface area contributed by atoms with E-state index in [0.717, 1.165) is 13.0 Å². The molecule has 0 aromatic heterocycles. The number of hydrogen-bond acceptors (Lipinski definition) is 2. The summed E-state index contributed by atoms with van der Waals surface area (Å²) < 4.78 is 12.4. The maximum atomic E-state index is 12.4. The van der Waals surface area contributed by atoms with Crippen LogP contribution in [0.4, 0.5) is 10.1 Å². The first-order valence-electron chi connectivity index (χ1n) is 5.07. The molecule has 2 nitrogen and oxygen atoms in total. The highest BCUT2D eigenvalue weighted by atomic mass is 19.1. The molecule has 0 fully saturated rings.